The van der Waals surface area contributed by atoms with Crippen LogP contribution in [0.25, 0.3) is 0 Å². The second-order valence-electron chi connectivity index (χ2n) is 8.30. The number of rotatable bonds is 4. The van der Waals surface area contributed by atoms with Crippen molar-refractivity contribution < 1.29 is 9.53 Å². The van der Waals surface area contributed by atoms with Crippen LogP contribution < -0.4 is 5.32 Å². The number of carbonyl (C=O) groups is 1. The van der Waals surface area contributed by atoms with Gasteiger partial charge in [0, 0.05) is 56.8 Å². The molecule has 162 valence electrons. The second-order valence-corrected chi connectivity index (χ2v) is 9.52. The first-order valence-electron chi connectivity index (χ1n) is 10.5. The third-order valence-corrected chi connectivity index (χ3v) is 7.61. The van der Waals surface area contributed by atoms with Crippen LogP contribution in [0.3, 0.4) is 0 Å². The molecule has 3 rings (SSSR count). The quantitative estimate of drug-likeness (QED) is 0.264. The topological polar surface area (TPSA) is 57.2 Å². The Kier molecular flexibility index (Phi) is 9.66. The number of likely N-dealkylation sites (tertiary alicyclic amines) is 1. The number of ether oxygens (including phenoxy) is 1. The number of esters is 1. The third kappa shape index (κ3) is 5.47. The third-order valence-electron chi connectivity index (χ3n) is 6.67. The molecule has 3 fully saturated rings. The van der Waals surface area contributed by atoms with Gasteiger partial charge in [0.25, 0.3) is 0 Å². The molecule has 0 bridgehead atoms. The zero-order valence-corrected chi connectivity index (χ0v) is 20.8. The molecule has 0 spiro atoms. The predicted octanol–water partition coefficient (Wildman–Crippen LogP) is 2.67. The number of halogens is 1. The maximum atomic E-state index is 12.0. The normalized spacial score (nSPS) is 28.5. The van der Waals surface area contributed by atoms with Gasteiger partial charge in [-0.1, -0.05) is 26.2 Å². The molecule has 0 radical (unpaired) electrons. The Bertz CT molecular complexity index is 536. The van der Waals surface area contributed by atoms with Crippen molar-refractivity contribution in [2.75, 3.05) is 58.4 Å². The molecule has 2 atom stereocenters. The Labute approximate surface area is 191 Å². The van der Waals surface area contributed by atoms with Crippen molar-refractivity contribution in [1.82, 2.24) is 15.1 Å². The number of hydrogen-bond donors (Lipinski definition) is 1. The van der Waals surface area contributed by atoms with E-state index in [1.54, 1.807) is 0 Å². The Morgan fingerprint density at radius 3 is 2.50 bits per heavy atom. The van der Waals surface area contributed by atoms with Gasteiger partial charge in [-0.15, -0.1) is 24.0 Å². The first-order valence-corrected chi connectivity index (χ1v) is 11.6. The van der Waals surface area contributed by atoms with E-state index in [2.05, 4.69) is 38.8 Å². The van der Waals surface area contributed by atoms with Crippen LogP contribution in [-0.2, 0) is 9.53 Å². The number of nitrogens with zero attached hydrogens (tertiary/aromatic N) is 3. The molecule has 28 heavy (non-hydrogen) atoms. The van der Waals surface area contributed by atoms with Gasteiger partial charge in [0.2, 0.25) is 0 Å². The number of carbonyl (C=O) groups excluding carboxylic acids is 1. The van der Waals surface area contributed by atoms with Gasteiger partial charge in [-0.3, -0.25) is 14.7 Å². The van der Waals surface area contributed by atoms with Gasteiger partial charge in [-0.2, -0.15) is 11.8 Å². The summed E-state index contributed by atoms with van der Waals surface area (Å²) in [5.74, 6) is 3.57. The van der Waals surface area contributed by atoms with Crippen LogP contribution in [0.5, 0.6) is 0 Å². The fourth-order valence-corrected chi connectivity index (χ4v) is 5.93. The highest BCUT2D eigenvalue weighted by Gasteiger charge is 2.40. The molecule has 6 nitrogen and oxygen atoms in total. The smallest absolute Gasteiger partial charge is 0.310 e. The van der Waals surface area contributed by atoms with E-state index in [4.69, 9.17) is 4.74 Å². The summed E-state index contributed by atoms with van der Waals surface area (Å²) < 4.78 is 4.98. The van der Waals surface area contributed by atoms with Crippen LogP contribution in [0.4, 0.5) is 0 Å². The predicted molar refractivity (Wildman–Crippen MR) is 128 cm³/mol. The summed E-state index contributed by atoms with van der Waals surface area (Å²) in [4.78, 5) is 21.5. The van der Waals surface area contributed by atoms with E-state index >= 15 is 0 Å². The van der Waals surface area contributed by atoms with E-state index in [0.717, 1.165) is 19.0 Å². The van der Waals surface area contributed by atoms with Gasteiger partial charge in [0.05, 0.1) is 13.0 Å². The maximum Gasteiger partial charge on any atom is 0.310 e. The van der Waals surface area contributed by atoms with E-state index in [1.165, 1.54) is 63.8 Å². The summed E-state index contributed by atoms with van der Waals surface area (Å²) >= 11 is 2.08. The number of methoxy groups -OCH3 is 1. The average Bonchev–Trinajstić information content (AvgIpc) is 3.10. The number of nitrogens with one attached hydrogen (secondary N) is 1. The molecule has 0 aromatic rings. The van der Waals surface area contributed by atoms with Gasteiger partial charge in [0.15, 0.2) is 5.96 Å². The molecule has 2 saturated heterocycles. The van der Waals surface area contributed by atoms with E-state index in [0.29, 0.717) is 12.5 Å². The standard InChI is InChI=1S/C20H36N4O2S.HI/c1-16-13-23(14-17(16)18(25)26-3)19(21-2)22-15-20(7-5-4-6-8-20)24-9-11-27-12-10-24;/h16-17H,4-15H2,1-3H3,(H,21,22);1H. The first-order chi connectivity index (χ1) is 13.1. The Hall–Kier alpha value is -0.220. The molecule has 8 heteroatoms. The van der Waals surface area contributed by atoms with Crippen LogP contribution in [-0.4, -0.2) is 85.7 Å². The van der Waals surface area contributed by atoms with E-state index < -0.39 is 0 Å². The largest absolute Gasteiger partial charge is 0.469 e. The molecule has 2 aliphatic heterocycles. The van der Waals surface area contributed by atoms with Crippen molar-refractivity contribution in [3.63, 3.8) is 0 Å². The molecule has 2 unspecified atom stereocenters. The fourth-order valence-electron chi connectivity index (χ4n) is 5.03. The fraction of sp³-hybridized carbons (Fsp3) is 0.900. The monoisotopic (exact) mass is 524 g/mol. The van der Waals surface area contributed by atoms with Crippen LogP contribution in [0.1, 0.15) is 39.0 Å². The minimum Gasteiger partial charge on any atom is -0.469 e. The molecular formula is C20H37IN4O2S. The summed E-state index contributed by atoms with van der Waals surface area (Å²) in [6.45, 7) is 7.04. The molecule has 2 heterocycles. The lowest BCUT2D eigenvalue weighted by molar-refractivity contribution is -0.145. The summed E-state index contributed by atoms with van der Waals surface area (Å²) in [6.07, 6.45) is 6.58. The van der Waals surface area contributed by atoms with E-state index in [-0.39, 0.29) is 41.4 Å². The van der Waals surface area contributed by atoms with Crippen LogP contribution >= 0.6 is 35.7 Å². The Balaban J connectivity index is 0.00000280. The van der Waals surface area contributed by atoms with Crippen molar-refractivity contribution in [3.05, 3.63) is 0 Å². The lowest BCUT2D eigenvalue weighted by Gasteiger charge is -2.48. The molecule has 0 aromatic heterocycles. The SMILES string of the molecule is CN=C(NCC1(N2CCSCC2)CCCCC1)N1CC(C)C(C(=O)OC)C1.I. The van der Waals surface area contributed by atoms with Crippen molar-refractivity contribution in [2.24, 2.45) is 16.8 Å². The highest BCUT2D eigenvalue weighted by atomic mass is 127. The molecular weight excluding hydrogens is 487 g/mol. The minimum atomic E-state index is -0.102. The number of thioether (sulfide) groups is 1. The van der Waals surface area contributed by atoms with Gasteiger partial charge >= 0.3 is 5.97 Å². The van der Waals surface area contributed by atoms with Gasteiger partial charge in [0.1, 0.15) is 0 Å². The summed E-state index contributed by atoms with van der Waals surface area (Å²) in [5, 5.41) is 3.69. The summed E-state index contributed by atoms with van der Waals surface area (Å²) in [6, 6.07) is 0. The van der Waals surface area contributed by atoms with Crippen molar-refractivity contribution in [2.45, 2.75) is 44.6 Å². The van der Waals surface area contributed by atoms with Gasteiger partial charge in [-0.05, 0) is 18.8 Å². The number of guanidine groups is 1. The first kappa shape index (κ1) is 24.1. The van der Waals surface area contributed by atoms with Gasteiger partial charge < -0.3 is 15.0 Å². The zero-order valence-electron chi connectivity index (χ0n) is 17.6. The maximum absolute atomic E-state index is 12.0. The lowest BCUT2D eigenvalue weighted by atomic mass is 9.80. The molecule has 3 aliphatic rings. The van der Waals surface area contributed by atoms with Crippen LogP contribution in [0.2, 0.25) is 0 Å². The molecule has 1 aliphatic carbocycles. The highest BCUT2D eigenvalue weighted by Crippen LogP contribution is 2.35. The zero-order chi connectivity index (χ0) is 19.3. The molecule has 1 N–H and O–H groups in total. The summed E-state index contributed by atoms with van der Waals surface area (Å²) in [5.41, 5.74) is 0.266. The minimum absolute atomic E-state index is 0. The van der Waals surface area contributed by atoms with E-state index in [1.807, 2.05) is 7.05 Å². The van der Waals surface area contributed by atoms with Crippen molar-refractivity contribution in [3.8, 4) is 0 Å². The molecule has 0 amide bonds. The van der Waals surface area contributed by atoms with Gasteiger partial charge in [-0.25, -0.2) is 0 Å². The number of aliphatic imine (C=N–C) groups is 1. The molecule has 0 aromatic carbocycles. The average molecular weight is 525 g/mol. The van der Waals surface area contributed by atoms with Crippen molar-refractivity contribution >= 4 is 47.7 Å². The van der Waals surface area contributed by atoms with Crippen LogP contribution in [0.15, 0.2) is 4.99 Å². The Morgan fingerprint density at radius 2 is 1.89 bits per heavy atom. The van der Waals surface area contributed by atoms with Crippen molar-refractivity contribution in [1.29, 1.82) is 0 Å². The highest BCUT2D eigenvalue weighted by molar-refractivity contribution is 14.0. The second kappa shape index (κ2) is 11.2. The van der Waals surface area contributed by atoms with Crippen LogP contribution in [0, 0.1) is 11.8 Å². The summed E-state index contributed by atoms with van der Waals surface area (Å²) in [7, 11) is 3.33. The lowest BCUT2D eigenvalue weighted by Crippen LogP contribution is -2.60. The Morgan fingerprint density at radius 1 is 1.21 bits per heavy atom. The molecule has 1 saturated carbocycles. The number of hydrogen-bond acceptors (Lipinski definition) is 5. The van der Waals surface area contributed by atoms with E-state index in [9.17, 15) is 4.79 Å².